The van der Waals surface area contributed by atoms with Gasteiger partial charge < -0.3 is 10.6 Å². The molecule has 1 atom stereocenters. The molecule has 0 saturated heterocycles. The highest BCUT2D eigenvalue weighted by Crippen LogP contribution is 2.25. The lowest BCUT2D eigenvalue weighted by molar-refractivity contribution is 0.695. The molecule has 0 spiro atoms. The third kappa shape index (κ3) is 6.26. The summed E-state index contributed by atoms with van der Waals surface area (Å²) in [6, 6.07) is 16.7. The third-order valence-electron chi connectivity index (χ3n) is 3.76. The van der Waals surface area contributed by atoms with Crippen LogP contribution in [0.2, 0.25) is 0 Å². The highest BCUT2D eigenvalue weighted by molar-refractivity contribution is 5.73. The molecule has 0 heterocycles. The van der Waals surface area contributed by atoms with E-state index in [-0.39, 0.29) is 0 Å². The van der Waals surface area contributed by atoms with E-state index in [4.69, 9.17) is 0 Å². The van der Waals surface area contributed by atoms with Gasteiger partial charge in [-0.3, -0.25) is 9.98 Å². The zero-order chi connectivity index (χ0) is 17.9. The molecule has 2 N–H and O–H groups in total. The second-order valence-electron chi connectivity index (χ2n) is 5.76. The fourth-order valence-electron chi connectivity index (χ4n) is 2.50. The maximum atomic E-state index is 4.39. The Morgan fingerprint density at radius 3 is 2.64 bits per heavy atom. The van der Waals surface area contributed by atoms with Gasteiger partial charge in [-0.2, -0.15) is 0 Å². The van der Waals surface area contributed by atoms with Crippen LogP contribution in [0.25, 0.3) is 6.08 Å². The van der Waals surface area contributed by atoms with Crippen LogP contribution in [0, 0.1) is 0 Å². The first-order valence-corrected chi connectivity index (χ1v) is 8.53. The van der Waals surface area contributed by atoms with Gasteiger partial charge in [0.1, 0.15) is 0 Å². The van der Waals surface area contributed by atoms with Crippen LogP contribution in [0.3, 0.4) is 0 Å². The summed E-state index contributed by atoms with van der Waals surface area (Å²) in [5, 5.41) is 6.93. The van der Waals surface area contributed by atoms with E-state index in [1.54, 1.807) is 6.20 Å². The molecule has 4 nitrogen and oxygen atoms in total. The van der Waals surface area contributed by atoms with Crippen LogP contribution in [-0.4, -0.2) is 25.5 Å². The van der Waals surface area contributed by atoms with E-state index in [2.05, 4.69) is 52.5 Å². The summed E-state index contributed by atoms with van der Waals surface area (Å²) in [7, 11) is 0. The Balaban J connectivity index is 2.13. The molecule has 0 fully saturated rings. The summed E-state index contributed by atoms with van der Waals surface area (Å²) < 4.78 is 0. The average Bonchev–Trinajstić information content (AvgIpc) is 2.62. The predicted molar refractivity (Wildman–Crippen MR) is 111 cm³/mol. The van der Waals surface area contributed by atoms with Crippen molar-refractivity contribution in [1.82, 2.24) is 0 Å². The Morgan fingerprint density at radius 1 is 1.12 bits per heavy atom. The Labute approximate surface area is 150 Å². The number of benzene rings is 2. The van der Waals surface area contributed by atoms with Gasteiger partial charge in [-0.25, -0.2) is 0 Å². The number of hydrogen-bond acceptors (Lipinski definition) is 4. The smallest absolute Gasteiger partial charge is 0.0484 e. The lowest BCUT2D eigenvalue weighted by Crippen LogP contribution is -2.10. The van der Waals surface area contributed by atoms with Crippen LogP contribution in [0.1, 0.15) is 25.8 Å². The van der Waals surface area contributed by atoms with Gasteiger partial charge >= 0.3 is 0 Å². The number of nitrogens with zero attached hydrogens (tertiary/aromatic N) is 2. The summed E-state index contributed by atoms with van der Waals surface area (Å²) in [4.78, 5) is 8.19. The van der Waals surface area contributed by atoms with E-state index in [9.17, 15) is 0 Å². The van der Waals surface area contributed by atoms with E-state index < -0.39 is 0 Å². The van der Waals surface area contributed by atoms with Gasteiger partial charge in [0.15, 0.2) is 0 Å². The van der Waals surface area contributed by atoms with Crippen LogP contribution in [0.5, 0.6) is 0 Å². The molecule has 130 valence electrons. The van der Waals surface area contributed by atoms with Crippen molar-refractivity contribution in [3.05, 3.63) is 60.3 Å². The lowest BCUT2D eigenvalue weighted by Gasteiger charge is -2.14. The standard InChI is InChI=1S/C21H26N4/c1-4-23-17(2)12-15-24-21-16-20(11-10-18(21)13-14-22-3)25-19-8-6-5-7-9-19/h4-11,13-14,16-17,24-25H,3,12,15H2,1-2H3/b14-13+,23-4-. The molecule has 0 radical (unpaired) electrons. The molecular formula is C21H26N4. The Morgan fingerprint density at radius 2 is 1.92 bits per heavy atom. The van der Waals surface area contributed by atoms with E-state index in [1.165, 1.54) is 0 Å². The predicted octanol–water partition coefficient (Wildman–Crippen LogP) is 5.38. The van der Waals surface area contributed by atoms with E-state index in [1.807, 2.05) is 49.5 Å². The summed E-state index contributed by atoms with van der Waals surface area (Å²) >= 11 is 0. The minimum Gasteiger partial charge on any atom is -0.384 e. The van der Waals surface area contributed by atoms with E-state index >= 15 is 0 Å². The summed E-state index contributed by atoms with van der Waals surface area (Å²) in [6.07, 6.45) is 6.49. The van der Waals surface area contributed by atoms with Crippen molar-refractivity contribution >= 4 is 36.1 Å². The van der Waals surface area contributed by atoms with E-state index in [0.29, 0.717) is 6.04 Å². The quantitative estimate of drug-likeness (QED) is 0.605. The van der Waals surface area contributed by atoms with Crippen LogP contribution < -0.4 is 10.6 Å². The summed E-state index contributed by atoms with van der Waals surface area (Å²) in [6.45, 7) is 8.43. The van der Waals surface area contributed by atoms with Crippen molar-refractivity contribution in [2.75, 3.05) is 17.2 Å². The van der Waals surface area contributed by atoms with Gasteiger partial charge in [0, 0.05) is 35.8 Å². The van der Waals surface area contributed by atoms with Crippen molar-refractivity contribution in [2.24, 2.45) is 9.98 Å². The van der Waals surface area contributed by atoms with Gasteiger partial charge in [0.25, 0.3) is 0 Å². The first-order chi connectivity index (χ1) is 12.2. The molecular weight excluding hydrogens is 308 g/mol. The molecule has 0 bridgehead atoms. The number of hydrogen-bond donors (Lipinski definition) is 2. The van der Waals surface area contributed by atoms with Crippen molar-refractivity contribution in [1.29, 1.82) is 0 Å². The molecule has 25 heavy (non-hydrogen) atoms. The molecule has 0 aliphatic rings. The minimum atomic E-state index is 0.317. The molecule has 1 unspecified atom stereocenters. The van der Waals surface area contributed by atoms with Gasteiger partial charge in [0.2, 0.25) is 0 Å². The Kier molecular flexibility index (Phi) is 7.44. The second kappa shape index (κ2) is 10.1. The van der Waals surface area contributed by atoms with Crippen molar-refractivity contribution in [3.63, 3.8) is 0 Å². The molecule has 0 aromatic heterocycles. The zero-order valence-electron chi connectivity index (χ0n) is 14.9. The van der Waals surface area contributed by atoms with Gasteiger partial charge in [-0.1, -0.05) is 24.3 Å². The number of anilines is 3. The lowest BCUT2D eigenvalue weighted by atomic mass is 10.1. The number of para-hydroxylation sites is 1. The monoisotopic (exact) mass is 334 g/mol. The van der Waals surface area contributed by atoms with Crippen LogP contribution in [-0.2, 0) is 0 Å². The normalized spacial score (nSPS) is 12.4. The van der Waals surface area contributed by atoms with Crippen LogP contribution in [0.4, 0.5) is 17.1 Å². The van der Waals surface area contributed by atoms with Crippen molar-refractivity contribution in [2.45, 2.75) is 26.3 Å². The second-order valence-corrected chi connectivity index (χ2v) is 5.76. The fraction of sp³-hybridized carbons (Fsp3) is 0.238. The molecule has 2 aromatic carbocycles. The molecule has 2 rings (SSSR count). The van der Waals surface area contributed by atoms with Crippen molar-refractivity contribution < 1.29 is 0 Å². The summed E-state index contributed by atoms with van der Waals surface area (Å²) in [5.41, 5.74) is 4.25. The molecule has 2 aromatic rings. The Hall–Kier alpha value is -2.88. The molecule has 0 amide bonds. The summed E-state index contributed by atoms with van der Waals surface area (Å²) in [5.74, 6) is 0. The van der Waals surface area contributed by atoms with E-state index in [0.717, 1.165) is 35.6 Å². The minimum absolute atomic E-state index is 0.317. The first kappa shape index (κ1) is 18.5. The van der Waals surface area contributed by atoms with Crippen LogP contribution in [0.15, 0.2) is 64.7 Å². The number of rotatable bonds is 9. The first-order valence-electron chi connectivity index (χ1n) is 8.53. The van der Waals surface area contributed by atoms with Gasteiger partial charge in [-0.15, -0.1) is 0 Å². The molecule has 0 aliphatic carbocycles. The van der Waals surface area contributed by atoms with Crippen LogP contribution >= 0.6 is 0 Å². The largest absolute Gasteiger partial charge is 0.384 e. The molecule has 0 saturated carbocycles. The SMILES string of the molecule is C=N/C=C/c1ccc(Nc2ccccc2)cc1NCCC(C)/N=C\C. The topological polar surface area (TPSA) is 48.8 Å². The maximum absolute atomic E-state index is 4.39. The van der Waals surface area contributed by atoms with Crippen molar-refractivity contribution in [3.8, 4) is 0 Å². The van der Waals surface area contributed by atoms with Gasteiger partial charge in [-0.05, 0) is 69.1 Å². The Bertz CT molecular complexity index is 720. The number of nitrogens with one attached hydrogen (secondary N) is 2. The average molecular weight is 334 g/mol. The highest BCUT2D eigenvalue weighted by Gasteiger charge is 2.04. The zero-order valence-corrected chi connectivity index (χ0v) is 14.9. The van der Waals surface area contributed by atoms with Gasteiger partial charge in [0.05, 0.1) is 0 Å². The molecule has 4 heteroatoms. The maximum Gasteiger partial charge on any atom is 0.0484 e. The molecule has 0 aliphatic heterocycles. The fourth-order valence-corrected chi connectivity index (χ4v) is 2.50. The number of aliphatic imine (C=N–C) groups is 2. The highest BCUT2D eigenvalue weighted by atomic mass is 14.9. The third-order valence-corrected chi connectivity index (χ3v) is 3.76.